The van der Waals surface area contributed by atoms with Crippen LogP contribution in [0.4, 0.5) is 0 Å². The van der Waals surface area contributed by atoms with Crippen LogP contribution in [0, 0.1) is 0 Å². The maximum atomic E-state index is 10.2. The minimum Gasteiger partial charge on any atom is -0.491 e. The molecule has 0 unspecified atom stereocenters. The van der Waals surface area contributed by atoms with E-state index in [4.69, 9.17) is 4.74 Å². The molecule has 106 valence electrons. The van der Waals surface area contributed by atoms with Crippen LogP contribution in [0.1, 0.15) is 45.1 Å². The van der Waals surface area contributed by atoms with Crippen molar-refractivity contribution < 1.29 is 9.84 Å². The summed E-state index contributed by atoms with van der Waals surface area (Å²) in [7, 11) is 0. The molecule has 0 aliphatic heterocycles. The summed E-state index contributed by atoms with van der Waals surface area (Å²) in [5.74, 6) is 0.910. The molecule has 1 aliphatic carbocycles. The average molecular weight is 263 g/mol. The molecule has 0 bridgehead atoms. The van der Waals surface area contributed by atoms with Gasteiger partial charge in [0, 0.05) is 13.1 Å². The van der Waals surface area contributed by atoms with Gasteiger partial charge >= 0.3 is 0 Å². The Bertz CT molecular complexity index is 380. The summed E-state index contributed by atoms with van der Waals surface area (Å²) < 4.78 is 5.61. The van der Waals surface area contributed by atoms with Crippen LogP contribution in [-0.2, 0) is 6.54 Å². The molecular formula is C16H25NO2. The Balaban J connectivity index is 1.76. The highest BCUT2D eigenvalue weighted by Crippen LogP contribution is 2.28. The standard InChI is InChI=1S/C16H25NO2/c1-13(2)19-15-7-5-14(6-8-15)11-17-12-16(18)9-3-4-10-16/h5-8,13,17-18H,3-4,9-12H2,1-2H3. The van der Waals surface area contributed by atoms with Crippen molar-refractivity contribution in [3.63, 3.8) is 0 Å². The van der Waals surface area contributed by atoms with E-state index in [0.29, 0.717) is 6.54 Å². The van der Waals surface area contributed by atoms with Gasteiger partial charge in [0.25, 0.3) is 0 Å². The average Bonchev–Trinajstić information content (AvgIpc) is 2.78. The molecule has 2 N–H and O–H groups in total. The van der Waals surface area contributed by atoms with E-state index < -0.39 is 5.60 Å². The van der Waals surface area contributed by atoms with Crippen molar-refractivity contribution in [2.75, 3.05) is 6.54 Å². The van der Waals surface area contributed by atoms with Crippen molar-refractivity contribution in [1.82, 2.24) is 5.32 Å². The molecule has 0 heterocycles. The maximum Gasteiger partial charge on any atom is 0.119 e. The van der Waals surface area contributed by atoms with Gasteiger partial charge < -0.3 is 15.2 Å². The van der Waals surface area contributed by atoms with E-state index in [9.17, 15) is 5.11 Å². The molecule has 3 heteroatoms. The van der Waals surface area contributed by atoms with Gasteiger partial charge in [-0.05, 0) is 44.4 Å². The first-order chi connectivity index (χ1) is 9.07. The number of rotatable bonds is 6. The van der Waals surface area contributed by atoms with Crippen molar-refractivity contribution in [3.05, 3.63) is 29.8 Å². The molecule has 1 aromatic carbocycles. The summed E-state index contributed by atoms with van der Waals surface area (Å²) in [4.78, 5) is 0. The molecule has 0 saturated heterocycles. The third kappa shape index (κ3) is 4.51. The third-order valence-electron chi connectivity index (χ3n) is 3.61. The molecule has 1 saturated carbocycles. The monoisotopic (exact) mass is 263 g/mol. The van der Waals surface area contributed by atoms with E-state index in [0.717, 1.165) is 38.0 Å². The van der Waals surface area contributed by atoms with Gasteiger partial charge in [0.05, 0.1) is 11.7 Å². The van der Waals surface area contributed by atoms with Crippen LogP contribution in [0.25, 0.3) is 0 Å². The second kappa shape index (κ2) is 6.40. The van der Waals surface area contributed by atoms with Crippen molar-refractivity contribution in [1.29, 1.82) is 0 Å². The Hall–Kier alpha value is -1.06. The molecule has 19 heavy (non-hydrogen) atoms. The summed E-state index contributed by atoms with van der Waals surface area (Å²) in [6.07, 6.45) is 4.38. The fraction of sp³-hybridized carbons (Fsp3) is 0.625. The summed E-state index contributed by atoms with van der Waals surface area (Å²) >= 11 is 0. The van der Waals surface area contributed by atoms with Crippen molar-refractivity contribution in [2.45, 2.75) is 57.8 Å². The van der Waals surface area contributed by atoms with Crippen LogP contribution in [-0.4, -0.2) is 23.4 Å². The zero-order valence-electron chi connectivity index (χ0n) is 12.0. The topological polar surface area (TPSA) is 41.5 Å². The second-order valence-corrected chi connectivity index (χ2v) is 5.85. The quantitative estimate of drug-likeness (QED) is 0.829. The first kappa shape index (κ1) is 14.4. The van der Waals surface area contributed by atoms with Crippen LogP contribution >= 0.6 is 0 Å². The number of nitrogens with one attached hydrogen (secondary N) is 1. The number of aliphatic hydroxyl groups is 1. The summed E-state index contributed by atoms with van der Waals surface area (Å²) in [6.45, 7) is 5.54. The molecule has 0 radical (unpaired) electrons. The summed E-state index contributed by atoms with van der Waals surface area (Å²) in [6, 6.07) is 8.15. The molecule has 0 aromatic heterocycles. The highest BCUT2D eigenvalue weighted by atomic mass is 16.5. The SMILES string of the molecule is CC(C)Oc1ccc(CNCC2(O)CCCC2)cc1. The Kier molecular flexibility index (Phi) is 4.83. The number of benzene rings is 1. The van der Waals surface area contributed by atoms with E-state index >= 15 is 0 Å². The number of ether oxygens (including phenoxy) is 1. The summed E-state index contributed by atoms with van der Waals surface area (Å²) in [5.41, 5.74) is 0.749. The van der Waals surface area contributed by atoms with Gasteiger partial charge in [0.1, 0.15) is 5.75 Å². The molecule has 3 nitrogen and oxygen atoms in total. The molecule has 1 aromatic rings. The largest absolute Gasteiger partial charge is 0.491 e. The molecular weight excluding hydrogens is 238 g/mol. The Morgan fingerprint density at radius 2 is 1.84 bits per heavy atom. The maximum absolute atomic E-state index is 10.2. The van der Waals surface area contributed by atoms with Gasteiger partial charge in [-0.1, -0.05) is 25.0 Å². The normalized spacial score (nSPS) is 17.9. The molecule has 0 atom stereocenters. The predicted octanol–water partition coefficient (Wildman–Crippen LogP) is 2.87. The minimum absolute atomic E-state index is 0.209. The molecule has 1 fully saturated rings. The van der Waals surface area contributed by atoms with E-state index in [1.54, 1.807) is 0 Å². The number of hydrogen-bond acceptors (Lipinski definition) is 3. The Morgan fingerprint density at radius 3 is 2.42 bits per heavy atom. The van der Waals surface area contributed by atoms with E-state index in [1.807, 2.05) is 26.0 Å². The van der Waals surface area contributed by atoms with Crippen LogP contribution < -0.4 is 10.1 Å². The van der Waals surface area contributed by atoms with Crippen molar-refractivity contribution >= 4 is 0 Å². The zero-order valence-corrected chi connectivity index (χ0v) is 12.0. The van der Waals surface area contributed by atoms with Crippen LogP contribution in [0.3, 0.4) is 0 Å². The lowest BCUT2D eigenvalue weighted by molar-refractivity contribution is 0.0475. The zero-order chi connectivity index (χ0) is 13.7. The van der Waals surface area contributed by atoms with E-state index in [1.165, 1.54) is 5.56 Å². The lowest BCUT2D eigenvalue weighted by Crippen LogP contribution is -2.37. The van der Waals surface area contributed by atoms with Gasteiger partial charge in [-0.15, -0.1) is 0 Å². The molecule has 0 amide bonds. The van der Waals surface area contributed by atoms with Crippen LogP contribution in [0.5, 0.6) is 5.75 Å². The van der Waals surface area contributed by atoms with Gasteiger partial charge in [-0.3, -0.25) is 0 Å². The van der Waals surface area contributed by atoms with Crippen molar-refractivity contribution in [2.24, 2.45) is 0 Å². The fourth-order valence-corrected chi connectivity index (χ4v) is 2.61. The van der Waals surface area contributed by atoms with Gasteiger partial charge in [-0.2, -0.15) is 0 Å². The Morgan fingerprint density at radius 1 is 1.21 bits per heavy atom. The second-order valence-electron chi connectivity index (χ2n) is 5.85. The highest BCUT2D eigenvalue weighted by Gasteiger charge is 2.30. The van der Waals surface area contributed by atoms with Crippen LogP contribution in [0.2, 0.25) is 0 Å². The first-order valence-corrected chi connectivity index (χ1v) is 7.26. The molecule has 1 aliphatic rings. The molecule has 0 spiro atoms. The van der Waals surface area contributed by atoms with E-state index in [2.05, 4.69) is 17.4 Å². The first-order valence-electron chi connectivity index (χ1n) is 7.26. The van der Waals surface area contributed by atoms with E-state index in [-0.39, 0.29) is 6.10 Å². The lowest BCUT2D eigenvalue weighted by atomic mass is 10.0. The van der Waals surface area contributed by atoms with Crippen LogP contribution in [0.15, 0.2) is 24.3 Å². The van der Waals surface area contributed by atoms with Gasteiger partial charge in [-0.25, -0.2) is 0 Å². The third-order valence-corrected chi connectivity index (χ3v) is 3.61. The van der Waals surface area contributed by atoms with Gasteiger partial charge in [0.15, 0.2) is 0 Å². The van der Waals surface area contributed by atoms with Crippen molar-refractivity contribution in [3.8, 4) is 5.75 Å². The fourth-order valence-electron chi connectivity index (χ4n) is 2.61. The highest BCUT2D eigenvalue weighted by molar-refractivity contribution is 5.27. The number of hydrogen-bond donors (Lipinski definition) is 2. The summed E-state index contributed by atoms with van der Waals surface area (Å²) in [5, 5.41) is 13.6. The lowest BCUT2D eigenvalue weighted by Gasteiger charge is -2.22. The predicted molar refractivity (Wildman–Crippen MR) is 77.3 cm³/mol. The molecule has 2 rings (SSSR count). The van der Waals surface area contributed by atoms with Gasteiger partial charge in [0.2, 0.25) is 0 Å². The minimum atomic E-state index is -0.472. The Labute approximate surface area is 116 Å². The smallest absolute Gasteiger partial charge is 0.119 e.